The smallest absolute Gasteiger partial charge is 0.234 e. The number of hydrogen-bond acceptors (Lipinski definition) is 5. The molecule has 0 aliphatic carbocycles. The second kappa shape index (κ2) is 10.8. The Morgan fingerprint density at radius 1 is 1.31 bits per heavy atom. The number of rotatable bonds is 9. The summed E-state index contributed by atoms with van der Waals surface area (Å²) in [4.78, 5) is 14.7. The van der Waals surface area contributed by atoms with Gasteiger partial charge in [0.05, 0.1) is 11.4 Å². The lowest BCUT2D eigenvalue weighted by Gasteiger charge is -2.26. The molecule has 0 saturated carbocycles. The third kappa shape index (κ3) is 6.29. The van der Waals surface area contributed by atoms with Crippen molar-refractivity contribution < 1.29 is 9.18 Å². The first-order valence-corrected chi connectivity index (χ1v) is 11.1. The molecule has 0 atom stereocenters. The van der Waals surface area contributed by atoms with Crippen molar-refractivity contribution in [3.63, 3.8) is 0 Å². The zero-order valence-corrected chi connectivity index (χ0v) is 17.8. The number of carbonyl (C=O) groups excluding carboxylic acids is 1. The van der Waals surface area contributed by atoms with Crippen molar-refractivity contribution in [1.82, 2.24) is 19.7 Å². The van der Waals surface area contributed by atoms with Crippen LogP contribution in [0, 0.1) is 5.82 Å². The lowest BCUT2D eigenvalue weighted by molar-refractivity contribution is -0.113. The van der Waals surface area contributed by atoms with E-state index >= 15 is 0 Å². The number of piperidine rings is 1. The van der Waals surface area contributed by atoms with Crippen molar-refractivity contribution in [1.29, 1.82) is 0 Å². The molecule has 1 fully saturated rings. The van der Waals surface area contributed by atoms with Gasteiger partial charge in [-0.3, -0.25) is 4.79 Å². The third-order valence-corrected chi connectivity index (χ3v) is 5.94. The number of carbonyl (C=O) groups is 1. The molecule has 1 aliphatic heterocycles. The lowest BCUT2D eigenvalue weighted by atomic mass is 10.1. The van der Waals surface area contributed by atoms with Crippen LogP contribution in [0.1, 0.15) is 25.1 Å². The second-order valence-electron chi connectivity index (χ2n) is 6.91. The molecular weight excluding hydrogens is 413 g/mol. The zero-order valence-electron chi connectivity index (χ0n) is 16.2. The molecule has 156 valence electrons. The Morgan fingerprint density at radius 3 is 2.83 bits per heavy atom. The minimum atomic E-state index is -0.564. The van der Waals surface area contributed by atoms with Crippen LogP contribution in [0.15, 0.2) is 36.0 Å². The van der Waals surface area contributed by atoms with Crippen LogP contribution < -0.4 is 5.32 Å². The monoisotopic (exact) mass is 437 g/mol. The Kier molecular flexibility index (Phi) is 8.09. The highest BCUT2D eigenvalue weighted by atomic mass is 35.5. The van der Waals surface area contributed by atoms with E-state index < -0.39 is 5.82 Å². The van der Waals surface area contributed by atoms with E-state index in [-0.39, 0.29) is 22.4 Å². The number of nitrogens with one attached hydrogen (secondary N) is 1. The third-order valence-electron chi connectivity index (χ3n) is 4.74. The number of anilines is 1. The van der Waals surface area contributed by atoms with Gasteiger partial charge in [0.2, 0.25) is 5.91 Å². The van der Waals surface area contributed by atoms with Crippen LogP contribution >= 0.6 is 23.4 Å². The van der Waals surface area contributed by atoms with Crippen molar-refractivity contribution in [2.75, 3.05) is 30.7 Å². The van der Waals surface area contributed by atoms with Gasteiger partial charge < -0.3 is 14.8 Å². The fourth-order valence-electron chi connectivity index (χ4n) is 3.27. The molecule has 2 heterocycles. The summed E-state index contributed by atoms with van der Waals surface area (Å²) in [5.41, 5.74) is 0.106. The summed E-state index contributed by atoms with van der Waals surface area (Å²) in [5.74, 6) is 0.107. The first-order valence-electron chi connectivity index (χ1n) is 9.70. The number of aromatic nitrogens is 3. The van der Waals surface area contributed by atoms with Crippen LogP contribution in [0.2, 0.25) is 5.02 Å². The lowest BCUT2D eigenvalue weighted by Crippen LogP contribution is -2.32. The summed E-state index contributed by atoms with van der Waals surface area (Å²) in [7, 11) is 0. The molecule has 0 bridgehead atoms. The van der Waals surface area contributed by atoms with E-state index in [1.807, 2.05) is 4.57 Å². The van der Waals surface area contributed by atoms with Gasteiger partial charge in [-0.1, -0.05) is 35.9 Å². The van der Waals surface area contributed by atoms with Crippen molar-refractivity contribution in [2.45, 2.75) is 37.4 Å². The average molecular weight is 438 g/mol. The summed E-state index contributed by atoms with van der Waals surface area (Å²) >= 11 is 7.01. The molecule has 2 aromatic rings. The predicted molar refractivity (Wildman–Crippen MR) is 115 cm³/mol. The highest BCUT2D eigenvalue weighted by molar-refractivity contribution is 7.99. The van der Waals surface area contributed by atoms with Gasteiger partial charge in [-0.15, -0.1) is 16.8 Å². The number of thioether (sulfide) groups is 1. The van der Waals surface area contributed by atoms with E-state index in [2.05, 4.69) is 27.0 Å². The maximum Gasteiger partial charge on any atom is 0.234 e. The summed E-state index contributed by atoms with van der Waals surface area (Å²) in [6, 6.07) is 4.14. The molecular formula is C20H25ClFN5OS. The maximum absolute atomic E-state index is 13.8. The number of benzene rings is 1. The van der Waals surface area contributed by atoms with Crippen LogP contribution in [0.5, 0.6) is 0 Å². The van der Waals surface area contributed by atoms with E-state index in [4.69, 9.17) is 11.6 Å². The molecule has 3 rings (SSSR count). The SMILES string of the molecule is C=CCn1c(CCN2CCCCC2)nnc1SCC(=O)Nc1ccc(Cl)cc1F. The van der Waals surface area contributed by atoms with Crippen LogP contribution in [0.25, 0.3) is 0 Å². The first-order chi connectivity index (χ1) is 14.1. The predicted octanol–water partition coefficient (Wildman–Crippen LogP) is 4.02. The quantitative estimate of drug-likeness (QED) is 0.474. The molecule has 1 aliphatic rings. The highest BCUT2D eigenvalue weighted by Crippen LogP contribution is 2.21. The van der Waals surface area contributed by atoms with Gasteiger partial charge in [0.25, 0.3) is 0 Å². The molecule has 1 saturated heterocycles. The van der Waals surface area contributed by atoms with Gasteiger partial charge in [0, 0.05) is 24.5 Å². The van der Waals surface area contributed by atoms with E-state index in [1.54, 1.807) is 6.08 Å². The van der Waals surface area contributed by atoms with Crippen molar-refractivity contribution >= 4 is 35.0 Å². The molecule has 0 spiro atoms. The number of likely N-dealkylation sites (tertiary alicyclic amines) is 1. The Morgan fingerprint density at radius 2 is 2.10 bits per heavy atom. The molecule has 9 heteroatoms. The van der Waals surface area contributed by atoms with Gasteiger partial charge in [0.15, 0.2) is 5.16 Å². The Labute approximate surface area is 179 Å². The van der Waals surface area contributed by atoms with E-state index in [1.165, 1.54) is 49.2 Å². The van der Waals surface area contributed by atoms with Gasteiger partial charge >= 0.3 is 0 Å². The van der Waals surface area contributed by atoms with Gasteiger partial charge in [-0.25, -0.2) is 4.39 Å². The average Bonchev–Trinajstić information content (AvgIpc) is 3.10. The zero-order chi connectivity index (χ0) is 20.6. The number of nitrogens with zero attached hydrogens (tertiary/aromatic N) is 4. The standard InChI is InChI=1S/C20H25ClFN5OS/c1-2-9-27-18(8-12-26-10-4-3-5-11-26)24-25-20(27)29-14-19(28)23-17-7-6-15(21)13-16(17)22/h2,6-7,13H,1,3-5,8-12,14H2,(H,23,28). The first kappa shape index (κ1) is 21.8. The number of hydrogen-bond donors (Lipinski definition) is 1. The van der Waals surface area contributed by atoms with Crippen molar-refractivity contribution in [3.8, 4) is 0 Å². The molecule has 1 N–H and O–H groups in total. The van der Waals surface area contributed by atoms with E-state index in [0.717, 1.165) is 31.9 Å². The van der Waals surface area contributed by atoms with Crippen molar-refractivity contribution in [3.05, 3.63) is 47.5 Å². The molecule has 0 radical (unpaired) electrons. The number of allylic oxidation sites excluding steroid dienone is 1. The fraction of sp³-hybridized carbons (Fsp3) is 0.450. The van der Waals surface area contributed by atoms with Crippen LogP contribution in [-0.2, 0) is 17.8 Å². The van der Waals surface area contributed by atoms with Gasteiger partial charge in [-0.2, -0.15) is 0 Å². The Balaban J connectivity index is 1.57. The second-order valence-corrected chi connectivity index (χ2v) is 8.29. The van der Waals surface area contributed by atoms with Crippen molar-refractivity contribution in [2.24, 2.45) is 0 Å². The van der Waals surface area contributed by atoms with Crippen LogP contribution in [0.4, 0.5) is 10.1 Å². The van der Waals surface area contributed by atoms with E-state index in [9.17, 15) is 9.18 Å². The van der Waals surface area contributed by atoms with Crippen LogP contribution in [0.3, 0.4) is 0 Å². The minimum absolute atomic E-state index is 0.101. The maximum atomic E-state index is 13.8. The summed E-state index contributed by atoms with van der Waals surface area (Å²) in [6.07, 6.45) is 6.42. The fourth-order valence-corrected chi connectivity index (χ4v) is 4.20. The molecule has 6 nitrogen and oxygen atoms in total. The molecule has 1 aromatic carbocycles. The molecule has 29 heavy (non-hydrogen) atoms. The highest BCUT2D eigenvalue weighted by Gasteiger charge is 2.16. The topological polar surface area (TPSA) is 63.1 Å². The summed E-state index contributed by atoms with van der Waals surface area (Å²) in [5, 5.41) is 12.1. The minimum Gasteiger partial charge on any atom is -0.323 e. The molecule has 0 unspecified atom stereocenters. The molecule has 1 aromatic heterocycles. The Bertz CT molecular complexity index is 853. The number of amides is 1. The largest absolute Gasteiger partial charge is 0.323 e. The van der Waals surface area contributed by atoms with Gasteiger partial charge in [-0.05, 0) is 44.1 Å². The summed E-state index contributed by atoms with van der Waals surface area (Å²) in [6.45, 7) is 7.62. The molecule has 1 amide bonds. The summed E-state index contributed by atoms with van der Waals surface area (Å²) < 4.78 is 15.8. The number of halogens is 2. The normalized spacial score (nSPS) is 14.7. The van der Waals surface area contributed by atoms with Crippen LogP contribution in [-0.4, -0.2) is 51.0 Å². The van der Waals surface area contributed by atoms with Gasteiger partial charge in [0.1, 0.15) is 11.6 Å². The Hall–Kier alpha value is -1.90. The van der Waals surface area contributed by atoms with E-state index in [0.29, 0.717) is 11.7 Å².